The van der Waals surface area contributed by atoms with Gasteiger partial charge in [0, 0.05) is 24.5 Å². The molecule has 0 saturated carbocycles. The molecule has 5 nitrogen and oxygen atoms in total. The number of aliphatic carboxylic acids is 1. The standard InChI is InChI=1S/C12H19N3O2S/c1-3-6-9-13-11(18-14-9)15-8-5-4-7-12(15,2)10(16)17/h3-8H2,1-2H3,(H,16,17). The van der Waals surface area contributed by atoms with Gasteiger partial charge in [0.1, 0.15) is 11.4 Å². The number of anilines is 1. The lowest BCUT2D eigenvalue weighted by molar-refractivity contribution is -0.143. The summed E-state index contributed by atoms with van der Waals surface area (Å²) < 4.78 is 4.30. The Morgan fingerprint density at radius 1 is 1.56 bits per heavy atom. The lowest BCUT2D eigenvalue weighted by Crippen LogP contribution is -2.55. The zero-order valence-electron chi connectivity index (χ0n) is 10.8. The van der Waals surface area contributed by atoms with Gasteiger partial charge in [0.25, 0.3) is 0 Å². The number of carboxylic acids is 1. The predicted molar refractivity (Wildman–Crippen MR) is 71.1 cm³/mol. The molecule has 1 aliphatic rings. The Morgan fingerprint density at radius 2 is 2.33 bits per heavy atom. The van der Waals surface area contributed by atoms with E-state index in [1.54, 1.807) is 6.92 Å². The average molecular weight is 269 g/mol. The molecule has 0 aromatic carbocycles. The molecule has 1 unspecified atom stereocenters. The van der Waals surface area contributed by atoms with Crippen molar-refractivity contribution in [1.82, 2.24) is 9.36 Å². The molecule has 0 bridgehead atoms. The van der Waals surface area contributed by atoms with Gasteiger partial charge in [-0.25, -0.2) is 9.78 Å². The Bertz CT molecular complexity index is 435. The van der Waals surface area contributed by atoms with Crippen LogP contribution in [0.2, 0.25) is 0 Å². The zero-order valence-corrected chi connectivity index (χ0v) is 11.7. The minimum atomic E-state index is -0.832. The van der Waals surface area contributed by atoms with Crippen LogP contribution in [-0.2, 0) is 11.2 Å². The second kappa shape index (κ2) is 5.22. The molecular weight excluding hydrogens is 250 g/mol. The molecule has 0 spiro atoms. The van der Waals surface area contributed by atoms with E-state index in [0.717, 1.165) is 43.2 Å². The molecule has 1 fully saturated rings. The number of hydrogen-bond acceptors (Lipinski definition) is 5. The summed E-state index contributed by atoms with van der Waals surface area (Å²) in [5.41, 5.74) is -0.832. The number of carbonyl (C=O) groups is 1. The van der Waals surface area contributed by atoms with Gasteiger partial charge in [0.2, 0.25) is 5.13 Å². The van der Waals surface area contributed by atoms with Crippen LogP contribution in [0.3, 0.4) is 0 Å². The maximum Gasteiger partial charge on any atom is 0.329 e. The highest BCUT2D eigenvalue weighted by Crippen LogP contribution is 2.34. The van der Waals surface area contributed by atoms with Crippen molar-refractivity contribution < 1.29 is 9.90 Å². The minimum absolute atomic E-state index is 0.672. The summed E-state index contributed by atoms with van der Waals surface area (Å²) in [5, 5.41) is 10.2. The van der Waals surface area contributed by atoms with Gasteiger partial charge in [0.15, 0.2) is 0 Å². The first-order valence-electron chi connectivity index (χ1n) is 6.41. The molecular formula is C12H19N3O2S. The van der Waals surface area contributed by atoms with Crippen LogP contribution in [0.5, 0.6) is 0 Å². The predicted octanol–water partition coefficient (Wildman–Crippen LogP) is 2.32. The molecule has 0 aliphatic carbocycles. The molecule has 1 atom stereocenters. The molecule has 18 heavy (non-hydrogen) atoms. The fourth-order valence-corrected chi connectivity index (χ4v) is 3.19. The first kappa shape index (κ1) is 13.3. The molecule has 1 aromatic rings. The number of hydrogen-bond donors (Lipinski definition) is 1. The van der Waals surface area contributed by atoms with Crippen LogP contribution >= 0.6 is 11.5 Å². The van der Waals surface area contributed by atoms with E-state index >= 15 is 0 Å². The van der Waals surface area contributed by atoms with Gasteiger partial charge < -0.3 is 10.0 Å². The van der Waals surface area contributed by atoms with Crippen LogP contribution in [0.1, 0.15) is 45.4 Å². The number of piperidine rings is 1. The Kier molecular flexibility index (Phi) is 3.85. The Labute approximate surface area is 111 Å². The molecule has 0 amide bonds. The summed E-state index contributed by atoms with van der Waals surface area (Å²) >= 11 is 1.32. The molecule has 0 radical (unpaired) electrons. The zero-order chi connectivity index (χ0) is 13.2. The third-order valence-corrected chi connectivity index (χ3v) is 4.29. The Hall–Kier alpha value is -1.17. The highest BCUT2D eigenvalue weighted by atomic mass is 32.1. The molecule has 6 heteroatoms. The monoisotopic (exact) mass is 269 g/mol. The number of aryl methyl sites for hydroxylation is 1. The second-order valence-corrected chi connectivity index (χ2v) is 5.66. The van der Waals surface area contributed by atoms with E-state index in [9.17, 15) is 9.90 Å². The first-order valence-corrected chi connectivity index (χ1v) is 7.19. The minimum Gasteiger partial charge on any atom is -0.480 e. The number of carboxylic acid groups (broad SMARTS) is 1. The molecule has 100 valence electrons. The topological polar surface area (TPSA) is 66.3 Å². The van der Waals surface area contributed by atoms with Gasteiger partial charge in [-0.3, -0.25) is 0 Å². The van der Waals surface area contributed by atoms with Gasteiger partial charge in [0.05, 0.1) is 0 Å². The van der Waals surface area contributed by atoms with E-state index in [-0.39, 0.29) is 0 Å². The van der Waals surface area contributed by atoms with Crippen LogP contribution in [-0.4, -0.2) is 32.5 Å². The van der Waals surface area contributed by atoms with E-state index in [2.05, 4.69) is 16.3 Å². The second-order valence-electron chi connectivity index (χ2n) is 4.93. The first-order chi connectivity index (χ1) is 8.58. The van der Waals surface area contributed by atoms with Crippen molar-refractivity contribution >= 4 is 22.6 Å². The average Bonchev–Trinajstić information content (AvgIpc) is 2.78. The smallest absolute Gasteiger partial charge is 0.329 e. The molecule has 1 saturated heterocycles. The highest BCUT2D eigenvalue weighted by molar-refractivity contribution is 7.09. The van der Waals surface area contributed by atoms with Crippen molar-refractivity contribution in [2.45, 2.75) is 51.5 Å². The van der Waals surface area contributed by atoms with Crippen molar-refractivity contribution in [2.75, 3.05) is 11.4 Å². The van der Waals surface area contributed by atoms with Crippen molar-refractivity contribution in [3.05, 3.63) is 5.82 Å². The quantitative estimate of drug-likeness (QED) is 0.908. The lowest BCUT2D eigenvalue weighted by atomic mass is 9.89. The van der Waals surface area contributed by atoms with Crippen molar-refractivity contribution in [1.29, 1.82) is 0 Å². The summed E-state index contributed by atoms with van der Waals surface area (Å²) in [7, 11) is 0. The van der Waals surface area contributed by atoms with E-state index in [4.69, 9.17) is 0 Å². The summed E-state index contributed by atoms with van der Waals surface area (Å²) in [6.07, 6.45) is 4.51. The fraction of sp³-hybridized carbons (Fsp3) is 0.750. The highest BCUT2D eigenvalue weighted by Gasteiger charge is 2.42. The van der Waals surface area contributed by atoms with E-state index in [1.165, 1.54) is 11.5 Å². The fourth-order valence-electron chi connectivity index (χ4n) is 2.33. The largest absolute Gasteiger partial charge is 0.480 e. The molecule has 2 rings (SSSR count). The summed E-state index contributed by atoms with van der Waals surface area (Å²) in [5.74, 6) is 0.0604. The van der Waals surface area contributed by atoms with Gasteiger partial charge in [-0.05, 0) is 32.6 Å². The van der Waals surface area contributed by atoms with Crippen molar-refractivity contribution in [3.8, 4) is 0 Å². The number of rotatable bonds is 4. The van der Waals surface area contributed by atoms with Gasteiger partial charge in [-0.1, -0.05) is 6.92 Å². The van der Waals surface area contributed by atoms with Crippen LogP contribution in [0.4, 0.5) is 5.13 Å². The van der Waals surface area contributed by atoms with Crippen LogP contribution < -0.4 is 4.90 Å². The van der Waals surface area contributed by atoms with Gasteiger partial charge >= 0.3 is 5.97 Å². The lowest BCUT2D eigenvalue weighted by Gasteiger charge is -2.41. The Morgan fingerprint density at radius 3 is 3.00 bits per heavy atom. The summed E-state index contributed by atoms with van der Waals surface area (Å²) in [6.45, 7) is 4.63. The van der Waals surface area contributed by atoms with Crippen LogP contribution in [0.15, 0.2) is 0 Å². The summed E-state index contributed by atoms with van der Waals surface area (Å²) in [4.78, 5) is 17.9. The van der Waals surface area contributed by atoms with Crippen molar-refractivity contribution in [3.63, 3.8) is 0 Å². The van der Waals surface area contributed by atoms with Crippen LogP contribution in [0, 0.1) is 0 Å². The van der Waals surface area contributed by atoms with Gasteiger partial charge in [-0.15, -0.1) is 0 Å². The third-order valence-electron chi connectivity index (χ3n) is 3.51. The normalized spacial score (nSPS) is 24.2. The van der Waals surface area contributed by atoms with Crippen LogP contribution in [0.25, 0.3) is 0 Å². The maximum atomic E-state index is 11.5. The van der Waals surface area contributed by atoms with E-state index in [0.29, 0.717) is 6.42 Å². The summed E-state index contributed by atoms with van der Waals surface area (Å²) in [6, 6.07) is 0. The number of aromatic nitrogens is 2. The molecule has 1 aliphatic heterocycles. The number of nitrogens with zero attached hydrogens (tertiary/aromatic N) is 3. The third kappa shape index (κ3) is 2.34. The van der Waals surface area contributed by atoms with E-state index < -0.39 is 11.5 Å². The van der Waals surface area contributed by atoms with E-state index in [1.807, 2.05) is 4.90 Å². The SMILES string of the molecule is CCCc1nsc(N2CCCCC2(C)C(=O)O)n1. The Balaban J connectivity index is 2.25. The van der Waals surface area contributed by atoms with Gasteiger partial charge in [-0.2, -0.15) is 4.37 Å². The molecule has 2 heterocycles. The van der Waals surface area contributed by atoms with Crippen molar-refractivity contribution in [2.24, 2.45) is 0 Å². The maximum absolute atomic E-state index is 11.5. The molecule has 1 aromatic heterocycles. The molecule has 1 N–H and O–H groups in total.